The second-order valence-corrected chi connectivity index (χ2v) is 7.64. The fourth-order valence-electron chi connectivity index (χ4n) is 2.44. The summed E-state index contributed by atoms with van der Waals surface area (Å²) in [6, 6.07) is 18.0. The molecule has 0 fully saturated rings. The molecule has 0 spiro atoms. The zero-order valence-corrected chi connectivity index (χ0v) is 15.3. The minimum Gasteiger partial charge on any atom is -0.322 e. The van der Waals surface area contributed by atoms with Crippen LogP contribution in [0.15, 0.2) is 77.7 Å². The molecule has 3 aromatic rings. The third-order valence-electron chi connectivity index (χ3n) is 3.80. The van der Waals surface area contributed by atoms with Gasteiger partial charge < -0.3 is 5.32 Å². The SMILES string of the molecule is Cc1cccc(C(=O)Nc2ccc(S(=O)(=O)Nc3ccc(F)cc3)cc2)c1. The van der Waals surface area contributed by atoms with E-state index in [0.717, 1.165) is 5.56 Å². The number of carbonyl (C=O) groups excluding carboxylic acids is 1. The molecule has 0 radical (unpaired) electrons. The summed E-state index contributed by atoms with van der Waals surface area (Å²) in [5.41, 5.74) is 2.22. The molecule has 0 saturated carbocycles. The maximum Gasteiger partial charge on any atom is 0.261 e. The molecule has 0 aliphatic heterocycles. The van der Waals surface area contributed by atoms with Crippen LogP contribution in [0.2, 0.25) is 0 Å². The molecule has 2 N–H and O–H groups in total. The third kappa shape index (κ3) is 4.71. The normalized spacial score (nSPS) is 11.0. The number of halogens is 1. The van der Waals surface area contributed by atoms with E-state index in [9.17, 15) is 17.6 Å². The van der Waals surface area contributed by atoms with Crippen molar-refractivity contribution < 1.29 is 17.6 Å². The van der Waals surface area contributed by atoms with E-state index in [0.29, 0.717) is 11.3 Å². The first-order valence-electron chi connectivity index (χ1n) is 8.10. The lowest BCUT2D eigenvalue weighted by Crippen LogP contribution is -2.14. The van der Waals surface area contributed by atoms with E-state index in [1.54, 1.807) is 18.2 Å². The first kappa shape index (κ1) is 18.6. The molecule has 0 heterocycles. The van der Waals surface area contributed by atoms with E-state index in [1.165, 1.54) is 48.5 Å². The van der Waals surface area contributed by atoms with Crippen molar-refractivity contribution in [2.75, 3.05) is 10.0 Å². The standard InChI is InChI=1S/C20H17FN2O3S/c1-14-3-2-4-15(13-14)20(24)22-17-9-11-19(12-10-17)27(25,26)23-18-7-5-16(21)6-8-18/h2-13,23H,1H3,(H,22,24). The largest absolute Gasteiger partial charge is 0.322 e. The number of anilines is 2. The monoisotopic (exact) mass is 384 g/mol. The van der Waals surface area contributed by atoms with Crippen molar-refractivity contribution in [3.05, 3.63) is 89.7 Å². The van der Waals surface area contributed by atoms with Crippen molar-refractivity contribution in [3.63, 3.8) is 0 Å². The number of sulfonamides is 1. The smallest absolute Gasteiger partial charge is 0.261 e. The van der Waals surface area contributed by atoms with Crippen LogP contribution in [0.5, 0.6) is 0 Å². The van der Waals surface area contributed by atoms with Crippen molar-refractivity contribution in [1.82, 2.24) is 0 Å². The van der Waals surface area contributed by atoms with Crippen LogP contribution in [0.4, 0.5) is 15.8 Å². The summed E-state index contributed by atoms with van der Waals surface area (Å²) >= 11 is 0. The Morgan fingerprint density at radius 2 is 1.52 bits per heavy atom. The Morgan fingerprint density at radius 1 is 0.889 bits per heavy atom. The van der Waals surface area contributed by atoms with Crippen molar-refractivity contribution in [3.8, 4) is 0 Å². The Kier molecular flexibility index (Phi) is 5.23. The Hall–Kier alpha value is -3.19. The average molecular weight is 384 g/mol. The Balaban J connectivity index is 1.72. The molecule has 0 aliphatic carbocycles. The van der Waals surface area contributed by atoms with E-state index in [1.807, 2.05) is 13.0 Å². The summed E-state index contributed by atoms with van der Waals surface area (Å²) < 4.78 is 40.1. The van der Waals surface area contributed by atoms with Gasteiger partial charge in [-0.25, -0.2) is 12.8 Å². The molecular weight excluding hydrogens is 367 g/mol. The maximum absolute atomic E-state index is 12.9. The average Bonchev–Trinajstić information content (AvgIpc) is 2.64. The third-order valence-corrected chi connectivity index (χ3v) is 5.20. The zero-order chi connectivity index (χ0) is 19.4. The van der Waals surface area contributed by atoms with Gasteiger partial charge in [0, 0.05) is 16.9 Å². The number of benzene rings is 3. The van der Waals surface area contributed by atoms with Gasteiger partial charge in [0.1, 0.15) is 5.82 Å². The van der Waals surface area contributed by atoms with Gasteiger partial charge in [0.15, 0.2) is 0 Å². The molecule has 0 aromatic heterocycles. The molecule has 138 valence electrons. The topological polar surface area (TPSA) is 75.3 Å². The summed E-state index contributed by atoms with van der Waals surface area (Å²) in [5.74, 6) is -0.731. The zero-order valence-electron chi connectivity index (χ0n) is 14.4. The predicted molar refractivity (Wildman–Crippen MR) is 103 cm³/mol. The van der Waals surface area contributed by atoms with E-state index >= 15 is 0 Å². The lowest BCUT2D eigenvalue weighted by molar-refractivity contribution is 0.102. The molecule has 5 nitrogen and oxygen atoms in total. The van der Waals surface area contributed by atoms with Crippen LogP contribution in [0.1, 0.15) is 15.9 Å². The maximum atomic E-state index is 12.9. The fourth-order valence-corrected chi connectivity index (χ4v) is 3.50. The summed E-state index contributed by atoms with van der Waals surface area (Å²) in [4.78, 5) is 12.3. The van der Waals surface area contributed by atoms with Gasteiger partial charge >= 0.3 is 0 Å². The summed E-state index contributed by atoms with van der Waals surface area (Å²) in [6.45, 7) is 1.89. The van der Waals surface area contributed by atoms with Crippen LogP contribution in [0.3, 0.4) is 0 Å². The lowest BCUT2D eigenvalue weighted by atomic mass is 10.1. The first-order chi connectivity index (χ1) is 12.8. The van der Waals surface area contributed by atoms with Gasteiger partial charge in [0.25, 0.3) is 15.9 Å². The minimum absolute atomic E-state index is 0.0281. The van der Waals surface area contributed by atoms with E-state index in [4.69, 9.17) is 0 Å². The summed E-state index contributed by atoms with van der Waals surface area (Å²) in [7, 11) is -3.81. The highest BCUT2D eigenvalue weighted by Gasteiger charge is 2.14. The highest BCUT2D eigenvalue weighted by molar-refractivity contribution is 7.92. The first-order valence-corrected chi connectivity index (χ1v) is 9.58. The van der Waals surface area contributed by atoms with Crippen molar-refractivity contribution in [2.45, 2.75) is 11.8 Å². The molecule has 3 aromatic carbocycles. The van der Waals surface area contributed by atoms with Gasteiger partial charge in [-0.05, 0) is 67.6 Å². The van der Waals surface area contributed by atoms with Gasteiger partial charge in [0.05, 0.1) is 4.90 Å². The molecule has 1 amide bonds. The van der Waals surface area contributed by atoms with Gasteiger partial charge in [-0.2, -0.15) is 0 Å². The Labute approximate surface area is 156 Å². The van der Waals surface area contributed by atoms with E-state index in [-0.39, 0.29) is 16.5 Å². The number of amides is 1. The Bertz CT molecular complexity index is 1060. The van der Waals surface area contributed by atoms with Gasteiger partial charge in [-0.15, -0.1) is 0 Å². The summed E-state index contributed by atoms with van der Waals surface area (Å²) in [6.07, 6.45) is 0. The molecular formula is C20H17FN2O3S. The molecule has 3 rings (SSSR count). The second kappa shape index (κ2) is 7.59. The van der Waals surface area contributed by atoms with E-state index < -0.39 is 15.8 Å². The van der Waals surface area contributed by atoms with Crippen LogP contribution in [0, 0.1) is 12.7 Å². The number of nitrogens with one attached hydrogen (secondary N) is 2. The van der Waals surface area contributed by atoms with Crippen molar-refractivity contribution in [1.29, 1.82) is 0 Å². The predicted octanol–water partition coefficient (Wildman–Crippen LogP) is 4.19. The van der Waals surface area contributed by atoms with Crippen LogP contribution in [-0.4, -0.2) is 14.3 Å². The molecule has 0 atom stereocenters. The number of rotatable bonds is 5. The van der Waals surface area contributed by atoms with Crippen LogP contribution in [-0.2, 0) is 10.0 Å². The number of aryl methyl sites for hydroxylation is 1. The van der Waals surface area contributed by atoms with Crippen molar-refractivity contribution >= 4 is 27.3 Å². The highest BCUT2D eigenvalue weighted by atomic mass is 32.2. The number of hydrogen-bond acceptors (Lipinski definition) is 3. The minimum atomic E-state index is -3.81. The van der Waals surface area contributed by atoms with Crippen LogP contribution < -0.4 is 10.0 Å². The molecule has 27 heavy (non-hydrogen) atoms. The quantitative estimate of drug-likeness (QED) is 0.693. The number of hydrogen-bond donors (Lipinski definition) is 2. The van der Waals surface area contributed by atoms with Crippen LogP contribution >= 0.6 is 0 Å². The van der Waals surface area contributed by atoms with Gasteiger partial charge in [-0.3, -0.25) is 9.52 Å². The fraction of sp³-hybridized carbons (Fsp3) is 0.0500. The highest BCUT2D eigenvalue weighted by Crippen LogP contribution is 2.19. The lowest BCUT2D eigenvalue weighted by Gasteiger charge is -2.10. The van der Waals surface area contributed by atoms with Crippen molar-refractivity contribution in [2.24, 2.45) is 0 Å². The second-order valence-electron chi connectivity index (χ2n) is 5.96. The van der Waals surface area contributed by atoms with Gasteiger partial charge in [-0.1, -0.05) is 17.7 Å². The van der Waals surface area contributed by atoms with Gasteiger partial charge in [0.2, 0.25) is 0 Å². The molecule has 0 aliphatic rings. The van der Waals surface area contributed by atoms with E-state index in [2.05, 4.69) is 10.0 Å². The summed E-state index contributed by atoms with van der Waals surface area (Å²) in [5, 5.41) is 2.72. The Morgan fingerprint density at radius 3 is 2.15 bits per heavy atom. The molecule has 0 bridgehead atoms. The number of carbonyl (C=O) groups is 1. The molecule has 0 saturated heterocycles. The molecule has 0 unspecified atom stereocenters. The molecule has 7 heteroatoms. The van der Waals surface area contributed by atoms with Crippen LogP contribution in [0.25, 0.3) is 0 Å².